The fraction of sp³-hybridized carbons (Fsp3) is 0.615. The van der Waals surface area contributed by atoms with E-state index < -0.39 is 0 Å². The van der Waals surface area contributed by atoms with Gasteiger partial charge in [0.15, 0.2) is 0 Å². The molecule has 1 atom stereocenters. The molecule has 90 valence electrons. The standard InChI is InChI=1S/C13H23N3/c1-5-6-15-13(10-16(3)4)12-7-11(2)8-14-9-12/h7-9,13,15H,5-6,10H2,1-4H3. The van der Waals surface area contributed by atoms with Gasteiger partial charge in [0, 0.05) is 25.0 Å². The van der Waals surface area contributed by atoms with Crippen molar-refractivity contribution in [3.05, 3.63) is 29.6 Å². The van der Waals surface area contributed by atoms with Gasteiger partial charge >= 0.3 is 0 Å². The van der Waals surface area contributed by atoms with E-state index >= 15 is 0 Å². The molecule has 0 spiro atoms. The van der Waals surface area contributed by atoms with Crippen LogP contribution in [0.4, 0.5) is 0 Å². The van der Waals surface area contributed by atoms with Crippen LogP contribution in [0.2, 0.25) is 0 Å². The van der Waals surface area contributed by atoms with Gasteiger partial charge in [0.1, 0.15) is 0 Å². The third-order valence-corrected chi connectivity index (χ3v) is 2.49. The van der Waals surface area contributed by atoms with Crippen LogP contribution in [0.15, 0.2) is 18.5 Å². The molecule has 1 N–H and O–H groups in total. The molecule has 1 unspecified atom stereocenters. The van der Waals surface area contributed by atoms with Crippen LogP contribution in [0.5, 0.6) is 0 Å². The molecule has 16 heavy (non-hydrogen) atoms. The molecule has 0 amide bonds. The molecule has 0 fully saturated rings. The summed E-state index contributed by atoms with van der Waals surface area (Å²) in [4.78, 5) is 6.47. The quantitative estimate of drug-likeness (QED) is 0.796. The summed E-state index contributed by atoms with van der Waals surface area (Å²) in [5, 5.41) is 3.56. The van der Waals surface area contributed by atoms with Gasteiger partial charge in [-0.15, -0.1) is 0 Å². The molecular formula is C13H23N3. The molecule has 3 nitrogen and oxygen atoms in total. The van der Waals surface area contributed by atoms with E-state index in [2.05, 4.69) is 49.2 Å². The number of aryl methyl sites for hydroxylation is 1. The van der Waals surface area contributed by atoms with Crippen molar-refractivity contribution in [3.8, 4) is 0 Å². The SMILES string of the molecule is CCCNC(CN(C)C)c1cncc(C)c1. The average molecular weight is 221 g/mol. The van der Waals surface area contributed by atoms with E-state index in [1.807, 2.05) is 12.4 Å². The highest BCUT2D eigenvalue weighted by Gasteiger charge is 2.11. The smallest absolute Gasteiger partial charge is 0.0464 e. The molecule has 1 aromatic rings. The summed E-state index contributed by atoms with van der Waals surface area (Å²) in [6.07, 6.45) is 5.02. The topological polar surface area (TPSA) is 28.2 Å². The zero-order chi connectivity index (χ0) is 12.0. The minimum Gasteiger partial charge on any atom is -0.309 e. The number of nitrogens with zero attached hydrogens (tertiary/aromatic N) is 2. The zero-order valence-electron chi connectivity index (χ0n) is 10.8. The first-order valence-electron chi connectivity index (χ1n) is 5.93. The third-order valence-electron chi connectivity index (χ3n) is 2.49. The van der Waals surface area contributed by atoms with Gasteiger partial charge in [-0.2, -0.15) is 0 Å². The lowest BCUT2D eigenvalue weighted by Gasteiger charge is -2.22. The number of hydrogen-bond acceptors (Lipinski definition) is 3. The molecule has 3 heteroatoms. The summed E-state index contributed by atoms with van der Waals surface area (Å²) in [6, 6.07) is 2.59. The molecule has 1 heterocycles. The molecule has 0 aliphatic heterocycles. The molecular weight excluding hydrogens is 198 g/mol. The van der Waals surface area contributed by atoms with Crippen LogP contribution in [-0.4, -0.2) is 37.1 Å². The molecule has 0 bridgehead atoms. The van der Waals surface area contributed by atoms with Crippen molar-refractivity contribution in [1.82, 2.24) is 15.2 Å². The van der Waals surface area contributed by atoms with Crippen molar-refractivity contribution in [2.75, 3.05) is 27.2 Å². The lowest BCUT2D eigenvalue weighted by atomic mass is 10.1. The maximum absolute atomic E-state index is 4.26. The van der Waals surface area contributed by atoms with Crippen molar-refractivity contribution in [2.24, 2.45) is 0 Å². The highest BCUT2D eigenvalue weighted by Crippen LogP contribution is 2.13. The van der Waals surface area contributed by atoms with Gasteiger partial charge in [-0.1, -0.05) is 13.0 Å². The minimum atomic E-state index is 0.377. The first-order chi connectivity index (χ1) is 7.63. The van der Waals surface area contributed by atoms with Gasteiger partial charge in [-0.05, 0) is 45.1 Å². The Kier molecular flexibility index (Phi) is 5.43. The van der Waals surface area contributed by atoms with Crippen molar-refractivity contribution < 1.29 is 0 Å². The third kappa shape index (κ3) is 4.29. The Hall–Kier alpha value is -0.930. The molecule has 0 aromatic carbocycles. The van der Waals surface area contributed by atoms with Gasteiger partial charge in [-0.25, -0.2) is 0 Å². The van der Waals surface area contributed by atoms with Gasteiger partial charge < -0.3 is 10.2 Å². The average Bonchev–Trinajstić information content (AvgIpc) is 2.23. The van der Waals surface area contributed by atoms with Gasteiger partial charge in [0.25, 0.3) is 0 Å². The summed E-state index contributed by atoms with van der Waals surface area (Å²) in [7, 11) is 4.20. The number of likely N-dealkylation sites (N-methyl/N-ethyl adjacent to an activating group) is 1. The molecule has 1 rings (SSSR count). The predicted molar refractivity (Wildman–Crippen MR) is 68.6 cm³/mol. The maximum Gasteiger partial charge on any atom is 0.0464 e. The number of pyridine rings is 1. The molecule has 0 aliphatic rings. The molecule has 0 saturated carbocycles. The van der Waals surface area contributed by atoms with E-state index in [-0.39, 0.29) is 0 Å². The van der Waals surface area contributed by atoms with Gasteiger partial charge in [0.2, 0.25) is 0 Å². The first-order valence-corrected chi connectivity index (χ1v) is 5.93. The second-order valence-electron chi connectivity index (χ2n) is 4.56. The molecule has 0 saturated heterocycles. The van der Waals surface area contributed by atoms with Crippen molar-refractivity contribution in [3.63, 3.8) is 0 Å². The van der Waals surface area contributed by atoms with Crippen LogP contribution in [-0.2, 0) is 0 Å². The van der Waals surface area contributed by atoms with E-state index in [1.54, 1.807) is 0 Å². The summed E-state index contributed by atoms with van der Waals surface area (Å²) in [6.45, 7) is 6.33. The largest absolute Gasteiger partial charge is 0.309 e. The lowest BCUT2D eigenvalue weighted by molar-refractivity contribution is 0.341. The zero-order valence-corrected chi connectivity index (χ0v) is 10.8. The predicted octanol–water partition coefficient (Wildman–Crippen LogP) is 1.99. The highest BCUT2D eigenvalue weighted by atomic mass is 15.1. The second-order valence-corrected chi connectivity index (χ2v) is 4.56. The number of nitrogens with one attached hydrogen (secondary N) is 1. The second kappa shape index (κ2) is 6.61. The van der Waals surface area contributed by atoms with E-state index in [0.29, 0.717) is 6.04 Å². The Balaban J connectivity index is 2.74. The minimum absolute atomic E-state index is 0.377. The van der Waals surface area contributed by atoms with Crippen molar-refractivity contribution in [2.45, 2.75) is 26.3 Å². The lowest BCUT2D eigenvalue weighted by Crippen LogP contribution is -2.31. The van der Waals surface area contributed by atoms with Crippen LogP contribution in [0, 0.1) is 6.92 Å². The normalized spacial score (nSPS) is 13.1. The maximum atomic E-state index is 4.26. The van der Waals surface area contributed by atoms with Crippen LogP contribution in [0.25, 0.3) is 0 Å². The summed E-state index contributed by atoms with van der Waals surface area (Å²) in [5.41, 5.74) is 2.50. The van der Waals surface area contributed by atoms with E-state index in [1.165, 1.54) is 11.1 Å². The monoisotopic (exact) mass is 221 g/mol. The number of aromatic nitrogens is 1. The first kappa shape index (κ1) is 13.1. The number of rotatable bonds is 6. The van der Waals surface area contributed by atoms with Crippen LogP contribution < -0.4 is 5.32 Å². The van der Waals surface area contributed by atoms with E-state index in [0.717, 1.165) is 19.5 Å². The molecule has 1 aromatic heterocycles. The van der Waals surface area contributed by atoms with Crippen molar-refractivity contribution >= 4 is 0 Å². The number of hydrogen-bond donors (Lipinski definition) is 1. The fourth-order valence-corrected chi connectivity index (χ4v) is 1.74. The Bertz CT molecular complexity index is 310. The van der Waals surface area contributed by atoms with E-state index in [4.69, 9.17) is 0 Å². The highest BCUT2D eigenvalue weighted by molar-refractivity contribution is 5.20. The summed E-state index contributed by atoms with van der Waals surface area (Å²) in [5.74, 6) is 0. The Labute approximate surface area is 98.9 Å². The van der Waals surface area contributed by atoms with Gasteiger partial charge in [0.05, 0.1) is 0 Å². The van der Waals surface area contributed by atoms with Crippen LogP contribution in [0.1, 0.15) is 30.5 Å². The summed E-state index contributed by atoms with van der Waals surface area (Å²) >= 11 is 0. The van der Waals surface area contributed by atoms with Gasteiger partial charge in [-0.3, -0.25) is 4.98 Å². The Morgan fingerprint density at radius 3 is 2.69 bits per heavy atom. The van der Waals surface area contributed by atoms with Crippen molar-refractivity contribution in [1.29, 1.82) is 0 Å². The molecule has 0 radical (unpaired) electrons. The van der Waals surface area contributed by atoms with Crippen LogP contribution >= 0.6 is 0 Å². The molecule has 0 aliphatic carbocycles. The Morgan fingerprint density at radius 2 is 2.12 bits per heavy atom. The summed E-state index contributed by atoms with van der Waals surface area (Å²) < 4.78 is 0. The van der Waals surface area contributed by atoms with Crippen LogP contribution in [0.3, 0.4) is 0 Å². The fourth-order valence-electron chi connectivity index (χ4n) is 1.74. The Morgan fingerprint density at radius 1 is 1.38 bits per heavy atom. The van der Waals surface area contributed by atoms with E-state index in [9.17, 15) is 0 Å².